The Balaban J connectivity index is 2.24. The summed E-state index contributed by atoms with van der Waals surface area (Å²) in [5.41, 5.74) is 0.602. The lowest BCUT2D eigenvalue weighted by molar-refractivity contribution is -0.254. The minimum absolute atomic E-state index is 0.0226. The van der Waals surface area contributed by atoms with Crippen molar-refractivity contribution in [1.82, 2.24) is 9.78 Å². The minimum Gasteiger partial charge on any atom is -0.530 e. The molecule has 2 amide bonds. The molecule has 2 aromatic rings. The number of benzene rings is 1. The maximum absolute atomic E-state index is 14.1. The quantitative estimate of drug-likeness (QED) is 0.377. The Labute approximate surface area is 240 Å². The van der Waals surface area contributed by atoms with Crippen molar-refractivity contribution in [3.63, 3.8) is 0 Å². The number of nitrogens with zero attached hydrogens (tertiary/aromatic N) is 4. The van der Waals surface area contributed by atoms with Crippen LogP contribution in [0.3, 0.4) is 0 Å². The van der Waals surface area contributed by atoms with Crippen LogP contribution in [-0.2, 0) is 21.4 Å². The van der Waals surface area contributed by atoms with Gasteiger partial charge in [0, 0.05) is 23.8 Å². The van der Waals surface area contributed by atoms with Crippen molar-refractivity contribution >= 4 is 33.4 Å². The Morgan fingerprint density at radius 3 is 2.43 bits per heavy atom. The van der Waals surface area contributed by atoms with E-state index in [1.165, 1.54) is 10.9 Å². The molecule has 1 aliphatic heterocycles. The number of fused-ring (bicyclic) bond motifs is 1. The molecule has 234 valence electrons. The number of aliphatic hydroxyl groups is 1. The number of hydrogen-bond donors (Lipinski definition) is 2. The number of ether oxygens (including phenoxy) is 2. The number of aromatic nitrogens is 2. The van der Waals surface area contributed by atoms with Gasteiger partial charge in [0.05, 0.1) is 18.8 Å². The van der Waals surface area contributed by atoms with Gasteiger partial charge in [-0.05, 0) is 45.4 Å². The molecule has 0 saturated carbocycles. The lowest BCUT2D eigenvalue weighted by Crippen LogP contribution is -2.60. The van der Waals surface area contributed by atoms with Crippen molar-refractivity contribution in [3.8, 4) is 11.6 Å². The summed E-state index contributed by atoms with van der Waals surface area (Å²) in [5.74, 6) is -1.12. The summed E-state index contributed by atoms with van der Waals surface area (Å²) >= 11 is 0. The van der Waals surface area contributed by atoms with Gasteiger partial charge in [0.25, 0.3) is 15.9 Å². The molecule has 0 bridgehead atoms. The van der Waals surface area contributed by atoms with Gasteiger partial charge in [-0.2, -0.15) is 13.2 Å². The van der Waals surface area contributed by atoms with E-state index in [9.17, 15) is 41.4 Å². The largest absolute Gasteiger partial charge is 0.530 e. The molecule has 1 unspecified atom stereocenters. The zero-order chi connectivity index (χ0) is 31.8. The molecule has 0 fully saturated rings. The predicted molar refractivity (Wildman–Crippen MR) is 141 cm³/mol. The van der Waals surface area contributed by atoms with E-state index in [1.807, 2.05) is 0 Å². The molecule has 0 saturated heterocycles. The topological polar surface area (TPSA) is 180 Å². The van der Waals surface area contributed by atoms with E-state index < -0.39 is 69.0 Å². The summed E-state index contributed by atoms with van der Waals surface area (Å²) in [5, 5.41) is 25.2. The van der Waals surface area contributed by atoms with Crippen LogP contribution >= 0.6 is 0 Å². The molecule has 17 heteroatoms. The van der Waals surface area contributed by atoms with Gasteiger partial charge in [-0.3, -0.25) is 13.8 Å². The fourth-order valence-electron chi connectivity index (χ4n) is 4.31. The first-order chi connectivity index (χ1) is 19.3. The lowest BCUT2D eigenvalue weighted by Gasteiger charge is -2.42. The van der Waals surface area contributed by atoms with E-state index in [0.717, 1.165) is 22.5 Å². The van der Waals surface area contributed by atoms with E-state index in [0.29, 0.717) is 13.8 Å². The molecule has 3 rings (SSSR count). The van der Waals surface area contributed by atoms with Crippen LogP contribution in [0.4, 0.5) is 29.3 Å². The van der Waals surface area contributed by atoms with Crippen molar-refractivity contribution in [2.45, 2.75) is 70.3 Å². The third-order valence-electron chi connectivity index (χ3n) is 6.89. The van der Waals surface area contributed by atoms with Crippen LogP contribution < -0.4 is 29.5 Å². The first-order valence-corrected chi connectivity index (χ1v) is 14.2. The van der Waals surface area contributed by atoms with Crippen LogP contribution in [0.25, 0.3) is 0 Å². The number of carboxylic acid groups (broad SMARTS) is 1. The first kappa shape index (κ1) is 32.8. The summed E-state index contributed by atoms with van der Waals surface area (Å²) in [6, 6.07) is 3.10. The number of anilines is 2. The normalized spacial score (nSPS) is 16.0. The van der Waals surface area contributed by atoms with Crippen LogP contribution in [0.15, 0.2) is 29.3 Å². The van der Waals surface area contributed by atoms with Gasteiger partial charge in [-0.25, -0.2) is 8.42 Å². The van der Waals surface area contributed by atoms with E-state index in [4.69, 9.17) is 15.2 Å². The van der Waals surface area contributed by atoms with Crippen LogP contribution in [0.1, 0.15) is 41.0 Å². The highest BCUT2D eigenvalue weighted by molar-refractivity contribution is 7.93. The number of carbonyl (C=O) groups is 2. The SMILES string of the molecule is CCn1cc(S(=O)(=O)N2CC(CC(C)(C)C(N)=O)Oc3ccc(N(C(=O)[O-])C(C)(C)C(F)(F)F)cc32)c(OCCO)n1. The Hall–Kier alpha value is -3.73. The number of aliphatic hydroxyl groups excluding tert-OH is 1. The van der Waals surface area contributed by atoms with Gasteiger partial charge >= 0.3 is 6.18 Å². The highest BCUT2D eigenvalue weighted by atomic mass is 32.2. The summed E-state index contributed by atoms with van der Waals surface area (Å²) in [6.07, 6.45) is -7.00. The van der Waals surface area contributed by atoms with E-state index in [2.05, 4.69) is 5.10 Å². The third-order valence-corrected chi connectivity index (χ3v) is 8.65. The number of sulfonamides is 1. The van der Waals surface area contributed by atoms with Crippen LogP contribution in [-0.4, -0.2) is 72.9 Å². The fourth-order valence-corrected chi connectivity index (χ4v) is 5.89. The van der Waals surface area contributed by atoms with Crippen molar-refractivity contribution in [2.75, 3.05) is 29.0 Å². The number of primary amides is 1. The summed E-state index contributed by atoms with van der Waals surface area (Å²) in [4.78, 5) is 23.5. The molecular weight excluding hydrogens is 587 g/mol. The average molecular weight is 621 g/mol. The Bertz CT molecular complexity index is 1440. The van der Waals surface area contributed by atoms with Gasteiger partial charge in [0.15, 0.2) is 4.90 Å². The molecule has 0 spiro atoms. The predicted octanol–water partition coefficient (Wildman–Crippen LogP) is 1.62. The summed E-state index contributed by atoms with van der Waals surface area (Å²) < 4.78 is 83.3. The molecule has 0 radical (unpaired) electrons. The fraction of sp³-hybridized carbons (Fsp3) is 0.560. The maximum Gasteiger partial charge on any atom is 0.411 e. The second-order valence-corrected chi connectivity index (χ2v) is 12.6. The lowest BCUT2D eigenvalue weighted by atomic mass is 9.85. The molecular formula is C25H33F3N5O8S-. The number of amides is 2. The van der Waals surface area contributed by atoms with Crippen molar-refractivity contribution < 1.29 is 50.9 Å². The number of nitrogens with two attached hydrogens (primary N) is 1. The maximum atomic E-state index is 14.1. The molecule has 42 heavy (non-hydrogen) atoms. The summed E-state index contributed by atoms with van der Waals surface area (Å²) in [7, 11) is -4.62. The highest BCUT2D eigenvalue weighted by Gasteiger charge is 2.52. The molecule has 13 nitrogen and oxygen atoms in total. The summed E-state index contributed by atoms with van der Waals surface area (Å²) in [6.45, 7) is 5.14. The van der Waals surface area contributed by atoms with E-state index in [1.54, 1.807) is 20.8 Å². The van der Waals surface area contributed by atoms with Gasteiger partial charge in [0.2, 0.25) is 5.91 Å². The molecule has 3 N–H and O–H groups in total. The Morgan fingerprint density at radius 2 is 1.90 bits per heavy atom. The zero-order valence-electron chi connectivity index (χ0n) is 23.6. The number of rotatable bonds is 11. The molecule has 0 aliphatic carbocycles. The van der Waals surface area contributed by atoms with E-state index in [-0.39, 0.29) is 41.8 Å². The van der Waals surface area contributed by atoms with Crippen molar-refractivity contribution in [2.24, 2.45) is 11.1 Å². The second kappa shape index (κ2) is 11.5. The first-order valence-electron chi connectivity index (χ1n) is 12.8. The molecule has 1 aliphatic rings. The van der Waals surface area contributed by atoms with Gasteiger partial charge in [0.1, 0.15) is 30.1 Å². The van der Waals surface area contributed by atoms with E-state index >= 15 is 0 Å². The van der Waals surface area contributed by atoms with Crippen molar-refractivity contribution in [3.05, 3.63) is 24.4 Å². The Morgan fingerprint density at radius 1 is 1.26 bits per heavy atom. The minimum atomic E-state index is -5.02. The number of hydrogen-bond acceptors (Lipinski definition) is 9. The third kappa shape index (κ3) is 6.21. The monoisotopic (exact) mass is 620 g/mol. The van der Waals surface area contributed by atoms with Crippen LogP contribution in [0.5, 0.6) is 11.6 Å². The van der Waals surface area contributed by atoms with Crippen LogP contribution in [0, 0.1) is 5.41 Å². The number of halogens is 3. The molecule has 2 heterocycles. The molecule has 1 atom stereocenters. The molecule has 1 aromatic carbocycles. The van der Waals surface area contributed by atoms with Crippen LogP contribution in [0.2, 0.25) is 0 Å². The number of carbonyl (C=O) groups excluding carboxylic acids is 2. The number of aryl methyl sites for hydroxylation is 1. The van der Waals surface area contributed by atoms with Gasteiger partial charge < -0.3 is 35.1 Å². The molecule has 1 aromatic heterocycles. The highest BCUT2D eigenvalue weighted by Crippen LogP contribution is 2.45. The standard InChI is InChI=1S/C25H34F3N5O8S/c1-6-31-14-19(20(30-31)40-10-9-34)42(38,39)32-13-16(12-23(2,3)21(29)35)41-18-8-7-15(11-17(18)32)33(22(36)37)24(4,5)25(26,27)28/h7-8,11,14,16,34H,6,9-10,12-13H2,1-5H3,(H2,29,35)(H,36,37)/p-1. The average Bonchev–Trinajstić information content (AvgIpc) is 3.30. The smallest absolute Gasteiger partial charge is 0.411 e. The second-order valence-electron chi connectivity index (χ2n) is 10.8. The van der Waals surface area contributed by atoms with Crippen molar-refractivity contribution in [1.29, 1.82) is 0 Å². The van der Waals surface area contributed by atoms with Gasteiger partial charge in [-0.1, -0.05) is 13.8 Å². The Kier molecular flexibility index (Phi) is 8.98. The number of alkyl halides is 3. The zero-order valence-corrected chi connectivity index (χ0v) is 24.5. The van der Waals surface area contributed by atoms with Gasteiger partial charge in [-0.15, -0.1) is 5.10 Å².